The molecule has 1 heterocycles. The molecule has 1 atom stereocenters. The van der Waals surface area contributed by atoms with Gasteiger partial charge in [0.05, 0.1) is 0 Å². The van der Waals surface area contributed by atoms with E-state index in [4.69, 9.17) is 5.73 Å². The fourth-order valence-electron chi connectivity index (χ4n) is 1.44. The Balaban J connectivity index is 2.89. The smallest absolute Gasteiger partial charge is 0.128 e. The van der Waals surface area contributed by atoms with E-state index in [0.29, 0.717) is 5.92 Å². The van der Waals surface area contributed by atoms with Crippen LogP contribution >= 0.6 is 0 Å². The molecule has 0 aromatic carbocycles. The Morgan fingerprint density at radius 2 is 2.00 bits per heavy atom. The maximum atomic E-state index is 5.79. The van der Waals surface area contributed by atoms with E-state index in [1.165, 1.54) is 0 Å². The summed E-state index contributed by atoms with van der Waals surface area (Å²) in [5.41, 5.74) is 7.83. The van der Waals surface area contributed by atoms with Gasteiger partial charge in [-0.2, -0.15) is 0 Å². The third kappa shape index (κ3) is 2.77. The predicted octanol–water partition coefficient (Wildman–Crippen LogP) is 2.00. The number of aromatic nitrogens is 2. The topological polar surface area (TPSA) is 51.8 Å². The highest BCUT2D eigenvalue weighted by Gasteiger charge is 2.07. The minimum Gasteiger partial charge on any atom is -0.324 e. The summed E-state index contributed by atoms with van der Waals surface area (Å²) in [7, 11) is 0. The van der Waals surface area contributed by atoms with Gasteiger partial charge in [-0.05, 0) is 19.8 Å². The molecule has 0 spiro atoms. The first-order valence-electron chi connectivity index (χ1n) is 5.08. The number of hydrogen-bond acceptors (Lipinski definition) is 3. The second kappa shape index (κ2) is 4.51. The van der Waals surface area contributed by atoms with Crippen molar-refractivity contribution < 1.29 is 0 Å². The molecule has 0 saturated carbocycles. The first-order chi connectivity index (χ1) is 6.50. The molecular formula is C11H19N3. The van der Waals surface area contributed by atoms with Gasteiger partial charge in [0.15, 0.2) is 0 Å². The monoisotopic (exact) mass is 193 g/mol. The van der Waals surface area contributed by atoms with Crippen molar-refractivity contribution in [2.75, 3.05) is 0 Å². The van der Waals surface area contributed by atoms with Crippen LogP contribution in [0.15, 0.2) is 6.20 Å². The molecular weight excluding hydrogens is 174 g/mol. The zero-order valence-electron chi connectivity index (χ0n) is 9.41. The molecule has 1 rings (SSSR count). The molecule has 1 aromatic rings. The number of nitrogens with zero attached hydrogens (tertiary/aromatic N) is 2. The number of aryl methyl sites for hydroxylation is 1. The maximum Gasteiger partial charge on any atom is 0.128 e. The van der Waals surface area contributed by atoms with Gasteiger partial charge in [-0.3, -0.25) is 0 Å². The zero-order valence-corrected chi connectivity index (χ0v) is 9.41. The van der Waals surface area contributed by atoms with Crippen molar-refractivity contribution in [1.82, 2.24) is 9.97 Å². The van der Waals surface area contributed by atoms with E-state index in [1.54, 1.807) is 0 Å². The lowest BCUT2D eigenvalue weighted by molar-refractivity contribution is 0.615. The number of rotatable bonds is 3. The summed E-state index contributed by atoms with van der Waals surface area (Å²) in [6.07, 6.45) is 2.78. The van der Waals surface area contributed by atoms with Crippen molar-refractivity contribution in [3.8, 4) is 0 Å². The average molecular weight is 193 g/mol. The van der Waals surface area contributed by atoms with E-state index in [9.17, 15) is 0 Å². The quantitative estimate of drug-likeness (QED) is 0.798. The van der Waals surface area contributed by atoms with Crippen molar-refractivity contribution in [2.24, 2.45) is 11.7 Å². The van der Waals surface area contributed by atoms with Gasteiger partial charge in [0.1, 0.15) is 5.82 Å². The minimum absolute atomic E-state index is 0.0168. The highest BCUT2D eigenvalue weighted by atomic mass is 14.9. The number of nitrogens with two attached hydrogens (primary N) is 1. The minimum atomic E-state index is 0.0168. The van der Waals surface area contributed by atoms with Gasteiger partial charge in [0.2, 0.25) is 0 Å². The molecule has 0 fully saturated rings. The van der Waals surface area contributed by atoms with Crippen LogP contribution in [0.5, 0.6) is 0 Å². The molecule has 78 valence electrons. The van der Waals surface area contributed by atoms with Crippen molar-refractivity contribution in [3.63, 3.8) is 0 Å². The maximum absolute atomic E-state index is 5.79. The Morgan fingerprint density at radius 3 is 2.43 bits per heavy atom. The summed E-state index contributed by atoms with van der Waals surface area (Å²) >= 11 is 0. The molecule has 0 amide bonds. The molecule has 14 heavy (non-hydrogen) atoms. The van der Waals surface area contributed by atoms with Crippen molar-refractivity contribution in [3.05, 3.63) is 23.3 Å². The Labute approximate surface area is 85.8 Å². The van der Waals surface area contributed by atoms with Crippen molar-refractivity contribution in [1.29, 1.82) is 0 Å². The molecule has 2 N–H and O–H groups in total. The molecule has 0 radical (unpaired) electrons. The fourth-order valence-corrected chi connectivity index (χ4v) is 1.44. The lowest BCUT2D eigenvalue weighted by Gasteiger charge is -2.10. The Morgan fingerprint density at radius 1 is 1.36 bits per heavy atom. The van der Waals surface area contributed by atoms with Crippen LogP contribution in [0.25, 0.3) is 0 Å². The molecule has 0 aliphatic heterocycles. The molecule has 0 saturated heterocycles. The van der Waals surface area contributed by atoms with Gasteiger partial charge < -0.3 is 5.73 Å². The second-order valence-electron chi connectivity index (χ2n) is 4.21. The van der Waals surface area contributed by atoms with Crippen LogP contribution in [-0.4, -0.2) is 9.97 Å². The summed E-state index contributed by atoms with van der Waals surface area (Å²) in [5.74, 6) is 1.51. The molecule has 1 aromatic heterocycles. The van der Waals surface area contributed by atoms with E-state index in [2.05, 4.69) is 23.8 Å². The number of hydrogen-bond donors (Lipinski definition) is 1. The van der Waals surface area contributed by atoms with E-state index in [-0.39, 0.29) is 6.04 Å². The van der Waals surface area contributed by atoms with Gasteiger partial charge in [0.25, 0.3) is 0 Å². The van der Waals surface area contributed by atoms with Gasteiger partial charge in [0, 0.05) is 29.9 Å². The highest BCUT2D eigenvalue weighted by Crippen LogP contribution is 2.13. The van der Waals surface area contributed by atoms with Crippen LogP contribution in [-0.2, 0) is 6.42 Å². The van der Waals surface area contributed by atoms with Crippen molar-refractivity contribution >= 4 is 0 Å². The normalized spacial score (nSPS) is 13.3. The van der Waals surface area contributed by atoms with Gasteiger partial charge in [-0.25, -0.2) is 9.97 Å². The zero-order chi connectivity index (χ0) is 10.7. The summed E-state index contributed by atoms with van der Waals surface area (Å²) in [6, 6.07) is 0.0168. The Hall–Kier alpha value is -0.960. The molecule has 3 nitrogen and oxygen atoms in total. The Bertz CT molecular complexity index is 305. The molecule has 1 unspecified atom stereocenters. The van der Waals surface area contributed by atoms with Crippen LogP contribution < -0.4 is 5.73 Å². The molecule has 0 aliphatic carbocycles. The first kappa shape index (κ1) is 11.1. The van der Waals surface area contributed by atoms with Crippen LogP contribution in [0.3, 0.4) is 0 Å². The summed E-state index contributed by atoms with van der Waals surface area (Å²) in [5, 5.41) is 0. The van der Waals surface area contributed by atoms with Gasteiger partial charge in [-0.1, -0.05) is 13.8 Å². The third-order valence-corrected chi connectivity index (χ3v) is 2.15. The lowest BCUT2D eigenvalue weighted by Crippen LogP contribution is -2.11. The van der Waals surface area contributed by atoms with E-state index >= 15 is 0 Å². The molecule has 0 bridgehead atoms. The first-order valence-corrected chi connectivity index (χ1v) is 5.08. The van der Waals surface area contributed by atoms with Gasteiger partial charge >= 0.3 is 0 Å². The van der Waals surface area contributed by atoms with Crippen LogP contribution in [0.4, 0.5) is 0 Å². The third-order valence-electron chi connectivity index (χ3n) is 2.15. The fraction of sp³-hybridized carbons (Fsp3) is 0.636. The van der Waals surface area contributed by atoms with Crippen LogP contribution in [0, 0.1) is 12.8 Å². The van der Waals surface area contributed by atoms with E-state index in [0.717, 1.165) is 23.5 Å². The highest BCUT2D eigenvalue weighted by molar-refractivity contribution is 5.19. The van der Waals surface area contributed by atoms with Crippen LogP contribution in [0.1, 0.15) is 43.9 Å². The van der Waals surface area contributed by atoms with E-state index < -0.39 is 0 Å². The molecule has 3 heteroatoms. The van der Waals surface area contributed by atoms with Crippen LogP contribution in [0.2, 0.25) is 0 Å². The van der Waals surface area contributed by atoms with Gasteiger partial charge in [-0.15, -0.1) is 0 Å². The SMILES string of the molecule is Cc1nc(CC(C)C)ncc1C(C)N. The molecule has 0 aliphatic rings. The predicted molar refractivity (Wildman–Crippen MR) is 57.9 cm³/mol. The second-order valence-corrected chi connectivity index (χ2v) is 4.21. The van der Waals surface area contributed by atoms with E-state index in [1.807, 2.05) is 20.0 Å². The largest absolute Gasteiger partial charge is 0.324 e. The Kier molecular flexibility index (Phi) is 3.58. The summed E-state index contributed by atoms with van der Waals surface area (Å²) in [6.45, 7) is 8.27. The summed E-state index contributed by atoms with van der Waals surface area (Å²) < 4.78 is 0. The average Bonchev–Trinajstić information content (AvgIpc) is 2.01. The summed E-state index contributed by atoms with van der Waals surface area (Å²) in [4.78, 5) is 8.75. The standard InChI is InChI=1S/C11H19N3/c1-7(2)5-11-13-6-10(8(3)12)9(4)14-11/h6-8H,5,12H2,1-4H3. The van der Waals surface area contributed by atoms with Crippen molar-refractivity contribution in [2.45, 2.75) is 40.2 Å². The lowest BCUT2D eigenvalue weighted by atomic mass is 10.1.